The maximum Gasteiger partial charge on any atom is 0.356 e. The van der Waals surface area contributed by atoms with Crippen molar-refractivity contribution in [3.63, 3.8) is 0 Å². The number of rotatable bonds is 9. The van der Waals surface area contributed by atoms with E-state index in [4.69, 9.17) is 39.5 Å². The van der Waals surface area contributed by atoms with Crippen LogP contribution < -0.4 is 9.64 Å². The summed E-state index contributed by atoms with van der Waals surface area (Å²) in [6.07, 6.45) is 2.90. The summed E-state index contributed by atoms with van der Waals surface area (Å²) in [5.41, 5.74) is 1.68. The second kappa shape index (κ2) is 11.6. The lowest BCUT2D eigenvalue weighted by atomic mass is 9.84. The minimum atomic E-state index is -1.15. The number of carboxylic acids is 1. The first-order valence-electron chi connectivity index (χ1n) is 14.2. The van der Waals surface area contributed by atoms with Crippen molar-refractivity contribution in [2.45, 2.75) is 63.7 Å². The SMILES string of the molecule is CC(C)n1nc(C(=O)O)cc1N1CCC(O)(c2ccc(OCc3c(C4CC4)nnn3-c3c(Cl)cccc3Cl)cc2Cl)CC1. The highest BCUT2D eigenvalue weighted by Gasteiger charge is 2.37. The normalized spacial score (nSPS) is 16.6. The van der Waals surface area contributed by atoms with Gasteiger partial charge in [0.05, 0.1) is 26.4 Å². The van der Waals surface area contributed by atoms with E-state index in [1.54, 1.807) is 51.8 Å². The summed E-state index contributed by atoms with van der Waals surface area (Å²) in [7, 11) is 0. The van der Waals surface area contributed by atoms with Crippen LogP contribution in [0.5, 0.6) is 5.75 Å². The van der Waals surface area contributed by atoms with Gasteiger partial charge in [-0.3, -0.25) is 0 Å². The molecule has 1 saturated heterocycles. The zero-order valence-corrected chi connectivity index (χ0v) is 25.9. The number of aliphatic hydroxyl groups is 1. The zero-order valence-electron chi connectivity index (χ0n) is 23.7. The highest BCUT2D eigenvalue weighted by Crippen LogP contribution is 2.43. The molecular weight excluding hydrogens is 615 g/mol. The van der Waals surface area contributed by atoms with Gasteiger partial charge in [-0.2, -0.15) is 5.10 Å². The first-order chi connectivity index (χ1) is 20.6. The number of piperidine rings is 1. The fourth-order valence-corrected chi connectivity index (χ4v) is 6.49. The van der Waals surface area contributed by atoms with Crippen LogP contribution in [0.25, 0.3) is 5.69 Å². The van der Waals surface area contributed by atoms with Crippen LogP contribution in [0, 0.1) is 0 Å². The quantitative estimate of drug-likeness (QED) is 0.208. The number of halogens is 3. The van der Waals surface area contributed by atoms with E-state index >= 15 is 0 Å². The lowest BCUT2D eigenvalue weighted by molar-refractivity contribution is 0.0115. The summed E-state index contributed by atoms with van der Waals surface area (Å²) in [5, 5.41) is 35.4. The van der Waals surface area contributed by atoms with Gasteiger partial charge >= 0.3 is 5.97 Å². The molecule has 0 amide bonds. The van der Waals surface area contributed by atoms with Gasteiger partial charge in [-0.1, -0.05) is 52.1 Å². The molecule has 2 aromatic heterocycles. The van der Waals surface area contributed by atoms with Crippen LogP contribution in [0.4, 0.5) is 5.82 Å². The molecule has 1 aliphatic heterocycles. The van der Waals surface area contributed by atoms with Crippen molar-refractivity contribution in [3.05, 3.63) is 80.2 Å². The Bertz CT molecular complexity index is 1650. The van der Waals surface area contributed by atoms with Gasteiger partial charge in [0.1, 0.15) is 29.6 Å². The molecule has 0 atom stereocenters. The number of anilines is 1. The average molecular weight is 646 g/mol. The number of para-hydroxylation sites is 1. The summed E-state index contributed by atoms with van der Waals surface area (Å²) in [6, 6.07) is 12.2. The van der Waals surface area contributed by atoms with E-state index < -0.39 is 11.6 Å². The molecule has 2 fully saturated rings. The number of aromatic nitrogens is 5. The van der Waals surface area contributed by atoms with E-state index in [-0.39, 0.29) is 18.3 Å². The monoisotopic (exact) mass is 644 g/mol. The maximum atomic E-state index is 11.6. The molecule has 0 spiro atoms. The fourth-order valence-electron chi connectivity index (χ4n) is 5.59. The number of carboxylic acid groups (broad SMARTS) is 1. The Hall–Kier alpha value is -3.31. The van der Waals surface area contributed by atoms with E-state index in [2.05, 4.69) is 20.3 Å². The van der Waals surface area contributed by atoms with Crippen molar-refractivity contribution < 1.29 is 19.7 Å². The van der Waals surface area contributed by atoms with Crippen LogP contribution in [0.3, 0.4) is 0 Å². The smallest absolute Gasteiger partial charge is 0.356 e. The van der Waals surface area contributed by atoms with Crippen molar-refractivity contribution >= 4 is 46.6 Å². The Morgan fingerprint density at radius 3 is 2.37 bits per heavy atom. The molecule has 0 bridgehead atoms. The highest BCUT2D eigenvalue weighted by atomic mass is 35.5. The van der Waals surface area contributed by atoms with Crippen molar-refractivity contribution in [2.75, 3.05) is 18.0 Å². The Morgan fingerprint density at radius 2 is 1.77 bits per heavy atom. The summed E-state index contributed by atoms with van der Waals surface area (Å²) in [6.45, 7) is 5.10. The van der Waals surface area contributed by atoms with Crippen LogP contribution in [0.2, 0.25) is 15.1 Å². The van der Waals surface area contributed by atoms with Crippen LogP contribution in [-0.4, -0.2) is 54.0 Å². The molecule has 1 saturated carbocycles. The fraction of sp³-hybridized carbons (Fsp3) is 0.400. The summed E-state index contributed by atoms with van der Waals surface area (Å²) >= 11 is 19.7. The lowest BCUT2D eigenvalue weighted by Gasteiger charge is -2.40. The predicted molar refractivity (Wildman–Crippen MR) is 164 cm³/mol. The number of benzene rings is 2. The van der Waals surface area contributed by atoms with Crippen LogP contribution in [0.15, 0.2) is 42.5 Å². The van der Waals surface area contributed by atoms with Gasteiger partial charge in [-0.15, -0.1) is 5.10 Å². The molecule has 0 unspecified atom stereocenters. The molecule has 4 aromatic rings. The molecule has 0 radical (unpaired) electrons. The number of aromatic carboxylic acids is 1. The molecule has 3 heterocycles. The molecule has 2 aromatic carbocycles. The van der Waals surface area contributed by atoms with Gasteiger partial charge in [0, 0.05) is 36.7 Å². The number of hydrogen-bond donors (Lipinski definition) is 2. The number of ether oxygens (including phenoxy) is 1. The third-order valence-corrected chi connectivity index (χ3v) is 8.99. The minimum Gasteiger partial charge on any atom is -0.487 e. The van der Waals surface area contributed by atoms with Gasteiger partial charge in [0.2, 0.25) is 0 Å². The van der Waals surface area contributed by atoms with Crippen molar-refractivity contribution in [3.8, 4) is 11.4 Å². The van der Waals surface area contributed by atoms with E-state index in [0.29, 0.717) is 63.9 Å². The van der Waals surface area contributed by atoms with Gasteiger partial charge in [0.15, 0.2) is 5.69 Å². The van der Waals surface area contributed by atoms with Gasteiger partial charge in [0.25, 0.3) is 0 Å². The van der Waals surface area contributed by atoms with Gasteiger partial charge in [-0.25, -0.2) is 14.2 Å². The Kier molecular flexibility index (Phi) is 8.06. The Labute approximate surface area is 263 Å². The van der Waals surface area contributed by atoms with Crippen LogP contribution >= 0.6 is 34.8 Å². The molecule has 13 heteroatoms. The molecule has 10 nitrogen and oxygen atoms in total. The van der Waals surface area contributed by atoms with E-state index in [1.165, 1.54) is 0 Å². The highest BCUT2D eigenvalue weighted by molar-refractivity contribution is 6.37. The number of hydrogen-bond acceptors (Lipinski definition) is 7. The summed E-state index contributed by atoms with van der Waals surface area (Å²) in [5.74, 6) is 0.522. The van der Waals surface area contributed by atoms with E-state index in [1.807, 2.05) is 13.8 Å². The molecule has 1 aliphatic carbocycles. The predicted octanol–water partition coefficient (Wildman–Crippen LogP) is 6.65. The molecule has 6 rings (SSSR count). The van der Waals surface area contributed by atoms with Gasteiger partial charge < -0.3 is 19.8 Å². The largest absolute Gasteiger partial charge is 0.487 e. The van der Waals surface area contributed by atoms with Crippen LogP contribution in [0.1, 0.15) is 78.9 Å². The Morgan fingerprint density at radius 1 is 1.07 bits per heavy atom. The number of nitrogens with zero attached hydrogens (tertiary/aromatic N) is 6. The van der Waals surface area contributed by atoms with E-state index in [0.717, 1.165) is 30.0 Å². The average Bonchev–Trinajstić information content (AvgIpc) is 3.56. The van der Waals surface area contributed by atoms with Crippen molar-refractivity contribution in [1.82, 2.24) is 24.8 Å². The maximum absolute atomic E-state index is 11.6. The number of carbonyl (C=O) groups is 1. The second-order valence-corrected chi connectivity index (χ2v) is 12.6. The first kappa shape index (κ1) is 29.7. The minimum absolute atomic E-state index is 0.00113. The van der Waals surface area contributed by atoms with E-state index in [9.17, 15) is 15.0 Å². The second-order valence-electron chi connectivity index (χ2n) is 11.4. The molecule has 2 aliphatic rings. The molecule has 226 valence electrons. The van der Waals surface area contributed by atoms with Gasteiger partial charge in [-0.05, 0) is 63.8 Å². The van der Waals surface area contributed by atoms with Crippen molar-refractivity contribution in [2.24, 2.45) is 0 Å². The topological polar surface area (TPSA) is 119 Å². The molecule has 2 N–H and O–H groups in total. The summed E-state index contributed by atoms with van der Waals surface area (Å²) in [4.78, 5) is 13.6. The summed E-state index contributed by atoms with van der Waals surface area (Å²) < 4.78 is 9.54. The first-order valence-corrected chi connectivity index (χ1v) is 15.3. The standard InChI is InChI=1S/C30H31Cl3N6O4/c1-17(2)38-26(15-24(35-38)29(40)41)37-12-10-30(42,11-13-37)20-9-8-19(14-23(20)33)43-16-25-27(18-6-7-18)34-36-39(25)28-21(31)4-3-5-22(28)32/h3-5,8-9,14-15,17-18,42H,6-7,10-13,16H2,1-2H3,(H,40,41). The molecule has 43 heavy (non-hydrogen) atoms. The van der Waals surface area contributed by atoms with Crippen molar-refractivity contribution in [1.29, 1.82) is 0 Å². The Balaban J connectivity index is 1.18. The third kappa shape index (κ3) is 5.81. The third-order valence-electron chi connectivity index (χ3n) is 8.06. The lowest BCUT2D eigenvalue weighted by Crippen LogP contribution is -2.43. The molecular formula is C30H31Cl3N6O4. The zero-order chi connectivity index (χ0) is 30.5. The van der Waals surface area contributed by atoms with Crippen LogP contribution in [-0.2, 0) is 12.2 Å².